The number of carboxylic acid groups (broad SMARTS) is 1. The minimum absolute atomic E-state index is 0.375. The highest BCUT2D eigenvalue weighted by atomic mass is 16.4. The van der Waals surface area contributed by atoms with Crippen LogP contribution in [0.15, 0.2) is 48.8 Å². The van der Waals surface area contributed by atoms with E-state index in [2.05, 4.69) is 27.9 Å². The molecule has 8 heteroatoms. The number of aromatic nitrogens is 3. The zero-order valence-corrected chi connectivity index (χ0v) is 20.9. The van der Waals surface area contributed by atoms with E-state index in [4.69, 9.17) is 4.98 Å². The summed E-state index contributed by atoms with van der Waals surface area (Å²) >= 11 is 0. The van der Waals surface area contributed by atoms with Crippen LogP contribution < -0.4 is 10.6 Å². The van der Waals surface area contributed by atoms with Gasteiger partial charge in [-0.1, -0.05) is 43.9 Å². The molecule has 1 atom stereocenters. The molecule has 0 bridgehead atoms. The molecule has 1 amide bonds. The first-order valence-electron chi connectivity index (χ1n) is 12.8. The Labute approximate surface area is 212 Å². The van der Waals surface area contributed by atoms with Gasteiger partial charge in [0.25, 0.3) is 5.91 Å². The molecule has 3 N–H and O–H groups in total. The lowest BCUT2D eigenvalue weighted by Gasteiger charge is -2.17. The number of unbranched alkanes of at least 4 members (excludes halogenated alkanes) is 4. The number of amides is 1. The van der Waals surface area contributed by atoms with Gasteiger partial charge in [-0.25, -0.2) is 9.78 Å². The van der Waals surface area contributed by atoms with Gasteiger partial charge in [0.05, 0.1) is 6.20 Å². The first-order valence-corrected chi connectivity index (χ1v) is 12.8. The van der Waals surface area contributed by atoms with Gasteiger partial charge in [-0.15, -0.1) is 0 Å². The van der Waals surface area contributed by atoms with E-state index in [1.165, 1.54) is 12.0 Å². The number of carbonyl (C=O) groups is 2. The number of carbonyl (C=O) groups excluding carboxylic acids is 1. The van der Waals surface area contributed by atoms with Crippen LogP contribution in [0.1, 0.15) is 66.6 Å². The van der Waals surface area contributed by atoms with E-state index in [1.807, 2.05) is 19.3 Å². The second-order valence-electron chi connectivity index (χ2n) is 9.49. The molecule has 0 aliphatic carbocycles. The van der Waals surface area contributed by atoms with E-state index in [0.29, 0.717) is 12.0 Å². The molecule has 0 saturated heterocycles. The summed E-state index contributed by atoms with van der Waals surface area (Å²) in [6.45, 7) is 0.999. The van der Waals surface area contributed by atoms with Crippen molar-refractivity contribution < 1.29 is 14.7 Å². The van der Waals surface area contributed by atoms with Gasteiger partial charge in [0.2, 0.25) is 0 Å². The van der Waals surface area contributed by atoms with Crippen LogP contribution in [0.5, 0.6) is 0 Å². The highest BCUT2D eigenvalue weighted by molar-refractivity contribution is 5.97. The van der Waals surface area contributed by atoms with Crippen LogP contribution in [0, 0.1) is 0 Å². The van der Waals surface area contributed by atoms with Crippen molar-refractivity contribution >= 4 is 17.7 Å². The molecule has 190 valence electrons. The highest BCUT2D eigenvalue weighted by Crippen LogP contribution is 2.21. The molecule has 1 aliphatic heterocycles. The quantitative estimate of drug-likeness (QED) is 0.321. The van der Waals surface area contributed by atoms with Crippen LogP contribution in [0.4, 0.5) is 5.82 Å². The number of anilines is 1. The Balaban J connectivity index is 1.18. The van der Waals surface area contributed by atoms with Crippen molar-refractivity contribution in [2.45, 2.75) is 63.8 Å². The molecule has 0 saturated carbocycles. The van der Waals surface area contributed by atoms with E-state index >= 15 is 0 Å². The maximum Gasteiger partial charge on any atom is 0.326 e. The van der Waals surface area contributed by atoms with Gasteiger partial charge < -0.3 is 15.7 Å². The maximum atomic E-state index is 12.7. The standard InChI is InChI=1S/C28H35N5O3/c1-33-19-23(18-30-33)21-9-7-10-22(17-21)27(34)32-25(28(35)36)13-6-4-2-3-5-12-24-15-14-20-11-8-16-29-26(20)31-24/h7,9-10,14-15,17-19,25H,2-6,8,11-13,16H2,1H3,(H,29,31)(H,32,34)(H,35,36)/t25-/m1/s1. The Bertz CT molecular complexity index is 1190. The average molecular weight is 490 g/mol. The molecular weight excluding hydrogens is 454 g/mol. The number of nitrogens with zero attached hydrogens (tertiary/aromatic N) is 3. The number of fused-ring (bicyclic) bond motifs is 1. The summed E-state index contributed by atoms with van der Waals surface area (Å²) in [5.74, 6) is -0.330. The fraction of sp³-hybridized carbons (Fsp3) is 0.429. The Kier molecular flexibility index (Phi) is 8.71. The zero-order valence-electron chi connectivity index (χ0n) is 20.9. The van der Waals surface area contributed by atoms with Gasteiger partial charge in [0, 0.05) is 36.6 Å². The zero-order chi connectivity index (χ0) is 25.3. The molecule has 1 aliphatic rings. The lowest BCUT2D eigenvalue weighted by Crippen LogP contribution is -2.40. The second-order valence-corrected chi connectivity index (χ2v) is 9.49. The smallest absolute Gasteiger partial charge is 0.326 e. The van der Waals surface area contributed by atoms with Crippen LogP contribution in [-0.2, 0) is 24.7 Å². The summed E-state index contributed by atoms with van der Waals surface area (Å²) in [5.41, 5.74) is 4.65. The van der Waals surface area contributed by atoms with Gasteiger partial charge >= 0.3 is 5.97 Å². The van der Waals surface area contributed by atoms with Crippen LogP contribution in [0.3, 0.4) is 0 Å². The lowest BCUT2D eigenvalue weighted by molar-refractivity contribution is -0.139. The summed E-state index contributed by atoms with van der Waals surface area (Å²) in [7, 11) is 1.83. The average Bonchev–Trinajstić information content (AvgIpc) is 3.33. The van der Waals surface area contributed by atoms with Crippen LogP contribution in [0.25, 0.3) is 11.1 Å². The van der Waals surface area contributed by atoms with Crippen molar-refractivity contribution in [3.05, 3.63) is 65.6 Å². The van der Waals surface area contributed by atoms with E-state index in [9.17, 15) is 14.7 Å². The third kappa shape index (κ3) is 6.93. The first kappa shape index (κ1) is 25.4. The molecule has 0 unspecified atom stereocenters. The van der Waals surface area contributed by atoms with E-state index in [-0.39, 0.29) is 5.91 Å². The van der Waals surface area contributed by atoms with Crippen molar-refractivity contribution in [3.63, 3.8) is 0 Å². The number of nitrogens with one attached hydrogen (secondary N) is 2. The number of carboxylic acids is 1. The summed E-state index contributed by atoms with van der Waals surface area (Å²) in [6, 6.07) is 10.6. The van der Waals surface area contributed by atoms with Crippen LogP contribution in [0.2, 0.25) is 0 Å². The number of pyridine rings is 1. The molecule has 0 fully saturated rings. The second kappa shape index (κ2) is 12.3. The summed E-state index contributed by atoms with van der Waals surface area (Å²) in [5, 5.41) is 19.9. The number of aliphatic carboxylic acids is 1. The number of hydrogen-bond donors (Lipinski definition) is 3. The molecule has 2 aromatic heterocycles. The molecule has 8 nitrogen and oxygen atoms in total. The monoisotopic (exact) mass is 489 g/mol. The fourth-order valence-electron chi connectivity index (χ4n) is 4.60. The highest BCUT2D eigenvalue weighted by Gasteiger charge is 2.20. The molecule has 4 rings (SSSR count). The van der Waals surface area contributed by atoms with Gasteiger partial charge in [-0.05, 0) is 61.4 Å². The number of aryl methyl sites for hydroxylation is 3. The predicted molar refractivity (Wildman–Crippen MR) is 140 cm³/mol. The van der Waals surface area contributed by atoms with Gasteiger partial charge in [-0.2, -0.15) is 5.10 Å². The van der Waals surface area contributed by atoms with Gasteiger partial charge in [0.1, 0.15) is 11.9 Å². The molecule has 3 heterocycles. The fourth-order valence-corrected chi connectivity index (χ4v) is 4.60. The molecule has 0 spiro atoms. The third-order valence-electron chi connectivity index (χ3n) is 6.64. The largest absolute Gasteiger partial charge is 0.480 e. The van der Waals surface area contributed by atoms with Gasteiger partial charge in [-0.3, -0.25) is 9.48 Å². The van der Waals surface area contributed by atoms with Crippen molar-refractivity contribution in [1.82, 2.24) is 20.1 Å². The lowest BCUT2D eigenvalue weighted by atomic mass is 10.0. The Morgan fingerprint density at radius 2 is 1.94 bits per heavy atom. The molecule has 0 radical (unpaired) electrons. The normalized spacial score (nSPS) is 13.5. The molecule has 36 heavy (non-hydrogen) atoms. The van der Waals surface area contributed by atoms with Crippen LogP contribution >= 0.6 is 0 Å². The Morgan fingerprint density at radius 3 is 2.75 bits per heavy atom. The van der Waals surface area contributed by atoms with E-state index < -0.39 is 12.0 Å². The molecule has 3 aromatic rings. The Hall–Kier alpha value is -3.68. The minimum Gasteiger partial charge on any atom is -0.480 e. The molecule has 1 aromatic carbocycles. The van der Waals surface area contributed by atoms with Crippen LogP contribution in [-0.4, -0.2) is 44.3 Å². The summed E-state index contributed by atoms with van der Waals surface area (Å²) < 4.78 is 1.70. The SMILES string of the molecule is Cn1cc(-c2cccc(C(=O)N[C@H](CCCCCCCc3ccc4c(n3)NCCC4)C(=O)O)c2)cn1. The minimum atomic E-state index is -1.00. The van der Waals surface area contributed by atoms with Gasteiger partial charge in [0.15, 0.2) is 0 Å². The number of hydrogen-bond acceptors (Lipinski definition) is 5. The summed E-state index contributed by atoms with van der Waals surface area (Å²) in [4.78, 5) is 29.2. The topological polar surface area (TPSA) is 109 Å². The number of benzene rings is 1. The number of rotatable bonds is 12. The molecular formula is C28H35N5O3. The van der Waals surface area contributed by atoms with Crippen molar-refractivity contribution in [2.75, 3.05) is 11.9 Å². The van der Waals surface area contributed by atoms with Crippen molar-refractivity contribution in [2.24, 2.45) is 7.05 Å². The Morgan fingerprint density at radius 1 is 1.11 bits per heavy atom. The van der Waals surface area contributed by atoms with E-state index in [1.54, 1.807) is 29.1 Å². The predicted octanol–water partition coefficient (Wildman–Crippen LogP) is 4.61. The van der Waals surface area contributed by atoms with Crippen molar-refractivity contribution in [3.8, 4) is 11.1 Å². The maximum absolute atomic E-state index is 12.7. The first-order chi connectivity index (χ1) is 17.5. The third-order valence-corrected chi connectivity index (χ3v) is 6.64. The summed E-state index contributed by atoms with van der Waals surface area (Å²) in [6.07, 6.45) is 12.1. The van der Waals surface area contributed by atoms with Crippen molar-refractivity contribution in [1.29, 1.82) is 0 Å². The van der Waals surface area contributed by atoms with E-state index in [0.717, 1.165) is 74.1 Å².